The number of piperidine rings is 1. The van der Waals surface area contributed by atoms with Crippen LogP contribution < -0.4 is 10.2 Å². The van der Waals surface area contributed by atoms with Gasteiger partial charge in [-0.2, -0.15) is 0 Å². The van der Waals surface area contributed by atoms with Gasteiger partial charge >= 0.3 is 5.97 Å². The van der Waals surface area contributed by atoms with Crippen LogP contribution >= 0.6 is 34.3 Å². The Hall–Kier alpha value is -2.56. The van der Waals surface area contributed by atoms with Crippen molar-refractivity contribution in [2.75, 3.05) is 23.3 Å². The summed E-state index contributed by atoms with van der Waals surface area (Å²) in [5.74, 6) is -2.25. The van der Waals surface area contributed by atoms with Gasteiger partial charge in [-0.3, -0.25) is 14.9 Å². The zero-order chi connectivity index (χ0) is 21.3. The molecule has 1 amide bonds. The molecule has 3 aromatic heterocycles. The van der Waals surface area contributed by atoms with Crippen molar-refractivity contribution in [3.05, 3.63) is 45.5 Å². The Kier molecular flexibility index (Phi) is 5.98. The summed E-state index contributed by atoms with van der Waals surface area (Å²) in [5.41, 5.74) is 0.782. The van der Waals surface area contributed by atoms with Crippen molar-refractivity contribution in [2.24, 2.45) is 5.92 Å². The molecule has 0 spiro atoms. The van der Waals surface area contributed by atoms with E-state index in [9.17, 15) is 14.0 Å². The van der Waals surface area contributed by atoms with Crippen LogP contribution in [0.25, 0.3) is 10.6 Å². The zero-order valence-electron chi connectivity index (χ0n) is 15.5. The van der Waals surface area contributed by atoms with Crippen LogP contribution in [0.5, 0.6) is 0 Å². The van der Waals surface area contributed by atoms with E-state index in [-0.39, 0.29) is 11.4 Å². The van der Waals surface area contributed by atoms with E-state index < -0.39 is 23.6 Å². The molecule has 156 valence electrons. The zero-order valence-corrected chi connectivity index (χ0v) is 17.9. The third-order valence-electron chi connectivity index (χ3n) is 4.77. The molecule has 4 heterocycles. The van der Waals surface area contributed by atoms with Gasteiger partial charge in [0, 0.05) is 30.0 Å². The first-order valence-electron chi connectivity index (χ1n) is 9.05. The Morgan fingerprint density at radius 2 is 2.00 bits per heavy atom. The highest BCUT2D eigenvalue weighted by Crippen LogP contribution is 2.32. The first-order chi connectivity index (χ1) is 14.4. The average molecular weight is 467 g/mol. The van der Waals surface area contributed by atoms with Crippen LogP contribution in [0.4, 0.5) is 15.3 Å². The lowest BCUT2D eigenvalue weighted by Crippen LogP contribution is -2.37. The Labute approximate surface area is 184 Å². The number of carboxylic acids is 1. The van der Waals surface area contributed by atoms with Gasteiger partial charge in [0.05, 0.1) is 27.1 Å². The summed E-state index contributed by atoms with van der Waals surface area (Å²) in [7, 11) is 0. The number of rotatable bonds is 5. The third kappa shape index (κ3) is 4.45. The van der Waals surface area contributed by atoms with Gasteiger partial charge in [0.1, 0.15) is 0 Å². The highest BCUT2D eigenvalue weighted by atomic mass is 35.5. The first kappa shape index (κ1) is 20.7. The molecular weight excluding hydrogens is 451 g/mol. The van der Waals surface area contributed by atoms with E-state index in [1.165, 1.54) is 28.9 Å². The van der Waals surface area contributed by atoms with Crippen LogP contribution in [0.3, 0.4) is 0 Å². The molecule has 0 aliphatic carbocycles. The number of hydrogen-bond donors (Lipinski definition) is 2. The van der Waals surface area contributed by atoms with Crippen molar-refractivity contribution in [3.8, 4) is 10.6 Å². The summed E-state index contributed by atoms with van der Waals surface area (Å²) in [6.07, 6.45) is 2.17. The van der Waals surface area contributed by atoms with Gasteiger partial charge in [-0.25, -0.2) is 14.4 Å². The van der Waals surface area contributed by atoms with E-state index in [1.54, 1.807) is 21.7 Å². The van der Waals surface area contributed by atoms with Crippen molar-refractivity contribution >= 4 is 57.1 Å². The van der Waals surface area contributed by atoms with Crippen molar-refractivity contribution in [3.63, 3.8) is 0 Å². The normalized spacial score (nSPS) is 14.7. The summed E-state index contributed by atoms with van der Waals surface area (Å²) in [4.78, 5) is 34.6. The molecule has 0 unspecified atom stereocenters. The fourth-order valence-corrected chi connectivity index (χ4v) is 5.00. The fourth-order valence-electron chi connectivity index (χ4n) is 3.19. The van der Waals surface area contributed by atoms with E-state index >= 15 is 0 Å². The Balaban J connectivity index is 1.42. The van der Waals surface area contributed by atoms with Crippen LogP contribution in [-0.4, -0.2) is 40.0 Å². The van der Waals surface area contributed by atoms with Gasteiger partial charge < -0.3 is 10.0 Å². The molecule has 0 radical (unpaired) electrons. The second-order valence-electron chi connectivity index (χ2n) is 6.75. The molecule has 11 heteroatoms. The molecule has 30 heavy (non-hydrogen) atoms. The number of aliphatic carboxylic acids is 1. The lowest BCUT2D eigenvalue weighted by Gasteiger charge is -2.31. The molecule has 0 saturated carbocycles. The van der Waals surface area contributed by atoms with Gasteiger partial charge in [-0.15, -0.1) is 22.7 Å². The van der Waals surface area contributed by atoms with Gasteiger partial charge in [0.2, 0.25) is 0 Å². The minimum Gasteiger partial charge on any atom is -0.481 e. The number of nitrogens with one attached hydrogen (secondary N) is 1. The van der Waals surface area contributed by atoms with Gasteiger partial charge in [-0.1, -0.05) is 11.6 Å². The second kappa shape index (κ2) is 8.66. The Morgan fingerprint density at radius 1 is 1.23 bits per heavy atom. The SMILES string of the molecule is O=C(Nc1nc(-c2cc(Cl)cs2)cs1)c1cnc(N2CCC(C(=O)O)CC2)c(F)c1. The van der Waals surface area contributed by atoms with Crippen molar-refractivity contribution < 1.29 is 19.1 Å². The second-order valence-corrected chi connectivity index (χ2v) is 8.96. The van der Waals surface area contributed by atoms with Crippen molar-refractivity contribution in [1.29, 1.82) is 0 Å². The summed E-state index contributed by atoms with van der Waals surface area (Å²) in [6.45, 7) is 0.808. The number of amides is 1. The predicted molar refractivity (Wildman–Crippen MR) is 115 cm³/mol. The molecule has 1 aliphatic heterocycles. The highest BCUT2D eigenvalue weighted by molar-refractivity contribution is 7.16. The van der Waals surface area contributed by atoms with Gasteiger partial charge in [0.15, 0.2) is 16.8 Å². The molecule has 7 nitrogen and oxygen atoms in total. The topological polar surface area (TPSA) is 95.4 Å². The third-order valence-corrected chi connectivity index (χ3v) is 6.83. The van der Waals surface area contributed by atoms with Crippen LogP contribution in [-0.2, 0) is 4.79 Å². The maximum Gasteiger partial charge on any atom is 0.306 e. The lowest BCUT2D eigenvalue weighted by molar-refractivity contribution is -0.142. The number of halogens is 2. The molecule has 3 aromatic rings. The number of hydrogen-bond acceptors (Lipinski definition) is 7. The number of anilines is 2. The molecule has 0 bridgehead atoms. The number of nitrogens with zero attached hydrogens (tertiary/aromatic N) is 3. The average Bonchev–Trinajstić information content (AvgIpc) is 3.37. The Bertz CT molecular complexity index is 1100. The quantitative estimate of drug-likeness (QED) is 0.570. The summed E-state index contributed by atoms with van der Waals surface area (Å²) in [5, 5.41) is 16.3. The van der Waals surface area contributed by atoms with Crippen LogP contribution in [0.1, 0.15) is 23.2 Å². The largest absolute Gasteiger partial charge is 0.481 e. The van der Waals surface area contributed by atoms with Gasteiger partial charge in [-0.05, 0) is 25.0 Å². The maximum atomic E-state index is 14.6. The number of thiophene rings is 1. The monoisotopic (exact) mass is 466 g/mol. The number of carboxylic acid groups (broad SMARTS) is 1. The molecule has 1 aliphatic rings. The summed E-state index contributed by atoms with van der Waals surface area (Å²) < 4.78 is 14.6. The molecule has 1 fully saturated rings. The first-order valence-corrected chi connectivity index (χ1v) is 11.2. The standard InChI is InChI=1S/C19H16ClFN4O3S2/c20-12-6-15(29-8-12)14-9-30-19(23-14)24-17(26)11-5-13(21)16(22-7-11)25-3-1-10(2-4-25)18(27)28/h5-10H,1-4H2,(H,27,28)(H,23,24,26). The number of aromatic nitrogens is 2. The molecule has 0 aromatic carbocycles. The highest BCUT2D eigenvalue weighted by Gasteiger charge is 2.27. The van der Waals surface area contributed by atoms with E-state index in [1.807, 2.05) is 0 Å². The maximum absolute atomic E-state index is 14.6. The number of pyridine rings is 1. The minimum atomic E-state index is -0.831. The fraction of sp³-hybridized carbons (Fsp3) is 0.263. The molecule has 2 N–H and O–H groups in total. The number of carbonyl (C=O) groups is 2. The predicted octanol–water partition coefficient (Wildman–Crippen LogP) is 4.61. The smallest absolute Gasteiger partial charge is 0.306 e. The van der Waals surface area contributed by atoms with E-state index in [4.69, 9.17) is 16.7 Å². The molecule has 1 saturated heterocycles. The van der Waals surface area contributed by atoms with Crippen LogP contribution in [0.15, 0.2) is 29.1 Å². The molecular formula is C19H16ClFN4O3S2. The number of thiazole rings is 1. The molecule has 4 rings (SSSR count). The van der Waals surface area contributed by atoms with E-state index in [0.29, 0.717) is 41.8 Å². The van der Waals surface area contributed by atoms with Gasteiger partial charge in [0.25, 0.3) is 5.91 Å². The molecule has 0 atom stereocenters. The lowest BCUT2D eigenvalue weighted by atomic mass is 9.97. The number of carbonyl (C=O) groups excluding carboxylic acids is 1. The van der Waals surface area contributed by atoms with E-state index in [0.717, 1.165) is 10.9 Å². The summed E-state index contributed by atoms with van der Waals surface area (Å²) in [6, 6.07) is 2.93. The minimum absolute atomic E-state index is 0.0765. The van der Waals surface area contributed by atoms with Crippen molar-refractivity contribution in [2.45, 2.75) is 12.8 Å². The summed E-state index contributed by atoms with van der Waals surface area (Å²) >= 11 is 8.64. The van der Waals surface area contributed by atoms with Crippen LogP contribution in [0, 0.1) is 11.7 Å². The Morgan fingerprint density at radius 3 is 2.63 bits per heavy atom. The van der Waals surface area contributed by atoms with Crippen molar-refractivity contribution in [1.82, 2.24) is 9.97 Å². The van der Waals surface area contributed by atoms with E-state index in [2.05, 4.69) is 15.3 Å². The van der Waals surface area contributed by atoms with Crippen LogP contribution in [0.2, 0.25) is 5.02 Å².